The molecule has 0 radical (unpaired) electrons. The lowest BCUT2D eigenvalue weighted by atomic mass is 10.1. The molecule has 0 unspecified atom stereocenters. The number of benzene rings is 2. The van der Waals surface area contributed by atoms with Gasteiger partial charge in [-0.05, 0) is 50.1 Å². The zero-order valence-corrected chi connectivity index (χ0v) is 14.9. The Morgan fingerprint density at radius 2 is 1.96 bits per heavy atom. The van der Waals surface area contributed by atoms with Crippen molar-refractivity contribution in [3.05, 3.63) is 64.9 Å². The number of carbonyl (C=O) groups excluding carboxylic acids is 2. The fourth-order valence-electron chi connectivity index (χ4n) is 2.59. The molecule has 0 spiro atoms. The highest BCUT2D eigenvalue weighted by atomic mass is 16.6. The van der Waals surface area contributed by atoms with Gasteiger partial charge in [-0.15, -0.1) is 0 Å². The van der Waals surface area contributed by atoms with E-state index in [0.717, 1.165) is 11.1 Å². The van der Waals surface area contributed by atoms with E-state index in [1.807, 2.05) is 31.2 Å². The van der Waals surface area contributed by atoms with Crippen LogP contribution in [0.25, 0.3) is 6.08 Å². The van der Waals surface area contributed by atoms with E-state index in [1.165, 1.54) is 0 Å². The number of ketones is 1. The van der Waals surface area contributed by atoms with Gasteiger partial charge < -0.3 is 14.2 Å². The van der Waals surface area contributed by atoms with Crippen LogP contribution in [0.4, 0.5) is 0 Å². The average molecular weight is 352 g/mol. The van der Waals surface area contributed by atoms with Crippen LogP contribution in [0.5, 0.6) is 11.5 Å². The highest BCUT2D eigenvalue weighted by molar-refractivity contribution is 6.14. The summed E-state index contributed by atoms with van der Waals surface area (Å²) in [5.74, 6) is 0.510. The van der Waals surface area contributed by atoms with Gasteiger partial charge >= 0.3 is 5.97 Å². The van der Waals surface area contributed by atoms with Gasteiger partial charge in [0, 0.05) is 6.07 Å². The summed E-state index contributed by atoms with van der Waals surface area (Å²) in [6.45, 7) is 5.32. The predicted octanol–water partition coefficient (Wildman–Crippen LogP) is 3.94. The van der Waals surface area contributed by atoms with Gasteiger partial charge in [0.15, 0.2) is 12.4 Å². The van der Waals surface area contributed by atoms with Gasteiger partial charge in [-0.25, -0.2) is 4.79 Å². The standard InChI is InChI=1S/C21H20O5/c1-13(2)25-20(22)12-24-16-8-9-17-18(11-16)26-19(21(17)23)10-15-7-5-4-6-14(15)3/h4-11,13H,12H2,1-3H3/b19-10-. The smallest absolute Gasteiger partial charge is 0.344 e. The van der Waals surface area contributed by atoms with Crippen LogP contribution in [0.3, 0.4) is 0 Å². The van der Waals surface area contributed by atoms with Crippen molar-refractivity contribution in [2.24, 2.45) is 0 Å². The Bertz CT molecular complexity index is 880. The second-order valence-electron chi connectivity index (χ2n) is 6.28. The molecule has 134 valence electrons. The van der Waals surface area contributed by atoms with E-state index in [1.54, 1.807) is 38.1 Å². The minimum atomic E-state index is -0.447. The summed E-state index contributed by atoms with van der Waals surface area (Å²) in [6, 6.07) is 12.6. The Morgan fingerprint density at radius 3 is 2.69 bits per heavy atom. The number of hydrogen-bond donors (Lipinski definition) is 0. The van der Waals surface area contributed by atoms with Crippen molar-refractivity contribution in [1.29, 1.82) is 0 Å². The molecule has 26 heavy (non-hydrogen) atoms. The number of ether oxygens (including phenoxy) is 3. The Balaban J connectivity index is 1.74. The molecule has 0 N–H and O–H groups in total. The summed E-state index contributed by atoms with van der Waals surface area (Å²) in [5.41, 5.74) is 2.46. The van der Waals surface area contributed by atoms with Crippen molar-refractivity contribution in [2.75, 3.05) is 6.61 Å². The molecule has 0 saturated heterocycles. The van der Waals surface area contributed by atoms with Crippen molar-refractivity contribution in [2.45, 2.75) is 26.9 Å². The van der Waals surface area contributed by atoms with Gasteiger partial charge in [0.1, 0.15) is 11.5 Å². The fraction of sp³-hybridized carbons (Fsp3) is 0.238. The first-order chi connectivity index (χ1) is 12.4. The molecule has 0 atom stereocenters. The summed E-state index contributed by atoms with van der Waals surface area (Å²) in [6.07, 6.45) is 1.54. The van der Waals surface area contributed by atoms with Crippen LogP contribution in [0, 0.1) is 6.92 Å². The summed E-state index contributed by atoms with van der Waals surface area (Å²) >= 11 is 0. The topological polar surface area (TPSA) is 61.8 Å². The second kappa shape index (κ2) is 7.44. The van der Waals surface area contributed by atoms with Gasteiger partial charge in [-0.1, -0.05) is 24.3 Å². The van der Waals surface area contributed by atoms with Crippen molar-refractivity contribution in [3.8, 4) is 11.5 Å². The number of esters is 1. The molecule has 5 heteroatoms. The number of allylic oxidation sites excluding steroid dienone is 1. The molecule has 2 aromatic rings. The third kappa shape index (κ3) is 3.94. The van der Waals surface area contributed by atoms with Crippen molar-refractivity contribution < 1.29 is 23.8 Å². The molecule has 0 aromatic heterocycles. The molecule has 1 heterocycles. The van der Waals surface area contributed by atoms with Crippen LogP contribution in [0.1, 0.15) is 35.3 Å². The maximum Gasteiger partial charge on any atom is 0.344 e. The van der Waals surface area contributed by atoms with Crippen molar-refractivity contribution in [3.63, 3.8) is 0 Å². The monoisotopic (exact) mass is 352 g/mol. The SMILES string of the molecule is Cc1ccccc1/C=C1\Oc2cc(OCC(=O)OC(C)C)ccc2C1=O. The first-order valence-electron chi connectivity index (χ1n) is 8.40. The maximum atomic E-state index is 12.5. The van der Waals surface area contributed by atoms with E-state index in [9.17, 15) is 9.59 Å². The first kappa shape index (κ1) is 17.7. The number of rotatable bonds is 5. The van der Waals surface area contributed by atoms with E-state index in [4.69, 9.17) is 14.2 Å². The number of aryl methyl sites for hydroxylation is 1. The van der Waals surface area contributed by atoms with Crippen molar-refractivity contribution in [1.82, 2.24) is 0 Å². The van der Waals surface area contributed by atoms with Crippen LogP contribution in [-0.4, -0.2) is 24.5 Å². The Labute approximate surface area is 152 Å². The van der Waals surface area contributed by atoms with Crippen molar-refractivity contribution >= 4 is 17.8 Å². The summed E-state index contributed by atoms with van der Waals surface area (Å²) in [5, 5.41) is 0. The lowest BCUT2D eigenvalue weighted by molar-refractivity contribution is -0.149. The third-order valence-electron chi connectivity index (χ3n) is 3.84. The lowest BCUT2D eigenvalue weighted by Crippen LogP contribution is -2.18. The van der Waals surface area contributed by atoms with E-state index < -0.39 is 5.97 Å². The minimum Gasteiger partial charge on any atom is -0.482 e. The van der Waals surface area contributed by atoms with Gasteiger partial charge in [0.05, 0.1) is 11.7 Å². The van der Waals surface area contributed by atoms with E-state index in [0.29, 0.717) is 17.1 Å². The highest BCUT2D eigenvalue weighted by Crippen LogP contribution is 2.35. The normalized spacial score (nSPS) is 14.3. The molecule has 0 fully saturated rings. The summed E-state index contributed by atoms with van der Waals surface area (Å²) < 4.78 is 16.1. The Morgan fingerprint density at radius 1 is 1.19 bits per heavy atom. The molecular formula is C21H20O5. The number of carbonyl (C=O) groups is 2. The molecule has 2 aromatic carbocycles. The number of Topliss-reactive ketones (excluding diaryl/α,β-unsaturated/α-hetero) is 1. The Kier molecular flexibility index (Phi) is 5.07. The van der Waals surface area contributed by atoms with Gasteiger partial charge in [0.25, 0.3) is 0 Å². The van der Waals surface area contributed by atoms with Gasteiger partial charge in [-0.2, -0.15) is 0 Å². The van der Waals surface area contributed by atoms with E-state index in [2.05, 4.69) is 0 Å². The number of fused-ring (bicyclic) bond motifs is 1. The zero-order chi connectivity index (χ0) is 18.7. The Hall–Kier alpha value is -3.08. The van der Waals surface area contributed by atoms with Crippen LogP contribution in [0.15, 0.2) is 48.2 Å². The second-order valence-corrected chi connectivity index (χ2v) is 6.28. The van der Waals surface area contributed by atoms with Gasteiger partial charge in [-0.3, -0.25) is 4.79 Å². The molecule has 1 aliphatic heterocycles. The quantitative estimate of drug-likeness (QED) is 0.602. The van der Waals surface area contributed by atoms with E-state index in [-0.39, 0.29) is 24.3 Å². The zero-order valence-electron chi connectivity index (χ0n) is 14.9. The molecule has 0 saturated carbocycles. The highest BCUT2D eigenvalue weighted by Gasteiger charge is 2.28. The predicted molar refractivity (Wildman–Crippen MR) is 97.3 cm³/mol. The maximum absolute atomic E-state index is 12.5. The molecular weight excluding hydrogens is 332 g/mol. The molecule has 5 nitrogen and oxygen atoms in total. The fourth-order valence-corrected chi connectivity index (χ4v) is 2.59. The molecule has 0 bridgehead atoms. The summed E-state index contributed by atoms with van der Waals surface area (Å²) in [4.78, 5) is 24.1. The minimum absolute atomic E-state index is 0.172. The molecule has 0 aliphatic carbocycles. The number of hydrogen-bond acceptors (Lipinski definition) is 5. The van der Waals surface area contributed by atoms with Crippen LogP contribution in [0.2, 0.25) is 0 Å². The van der Waals surface area contributed by atoms with Crippen LogP contribution < -0.4 is 9.47 Å². The van der Waals surface area contributed by atoms with E-state index >= 15 is 0 Å². The summed E-state index contributed by atoms with van der Waals surface area (Å²) in [7, 11) is 0. The van der Waals surface area contributed by atoms with Crippen LogP contribution >= 0.6 is 0 Å². The average Bonchev–Trinajstić information content (AvgIpc) is 2.90. The molecule has 0 amide bonds. The van der Waals surface area contributed by atoms with Crippen LogP contribution in [-0.2, 0) is 9.53 Å². The van der Waals surface area contributed by atoms with Gasteiger partial charge in [0.2, 0.25) is 5.78 Å². The molecule has 3 rings (SSSR count). The lowest BCUT2D eigenvalue weighted by Gasteiger charge is -2.09. The largest absolute Gasteiger partial charge is 0.482 e. The third-order valence-corrected chi connectivity index (χ3v) is 3.84. The molecule has 1 aliphatic rings. The first-order valence-corrected chi connectivity index (χ1v) is 8.40.